The van der Waals surface area contributed by atoms with Crippen molar-refractivity contribution in [3.63, 3.8) is 0 Å². The number of aliphatic hydroxyl groups excluding tert-OH is 1. The fraction of sp³-hybridized carbons (Fsp3) is 0.611. The molecule has 0 aromatic carbocycles. The van der Waals surface area contributed by atoms with E-state index in [1.165, 1.54) is 6.42 Å². The van der Waals surface area contributed by atoms with Gasteiger partial charge in [-0.05, 0) is 38.2 Å². The van der Waals surface area contributed by atoms with Crippen LogP contribution < -0.4 is 10.2 Å². The zero-order valence-electron chi connectivity index (χ0n) is 14.9. The maximum Gasteiger partial charge on any atom is 0.227 e. The number of fused-ring (bicyclic) bond motifs is 1. The summed E-state index contributed by atoms with van der Waals surface area (Å²) in [5.74, 6) is 1.97. The highest BCUT2D eigenvalue weighted by molar-refractivity contribution is 5.43. The average Bonchev–Trinajstić information content (AvgIpc) is 2.84. The van der Waals surface area contributed by atoms with Gasteiger partial charge in [-0.3, -0.25) is 4.68 Å². The largest absolute Gasteiger partial charge is 0.386 e. The second kappa shape index (κ2) is 6.63. The van der Waals surface area contributed by atoms with Gasteiger partial charge < -0.3 is 15.3 Å². The summed E-state index contributed by atoms with van der Waals surface area (Å²) in [4.78, 5) is 11.4. The third-order valence-electron chi connectivity index (χ3n) is 5.31. The van der Waals surface area contributed by atoms with Crippen LogP contribution in [0.15, 0.2) is 12.1 Å². The Labute approximate surface area is 148 Å². The molecule has 7 heteroatoms. The van der Waals surface area contributed by atoms with Gasteiger partial charge in [-0.2, -0.15) is 10.1 Å². The van der Waals surface area contributed by atoms with E-state index >= 15 is 0 Å². The fourth-order valence-electron chi connectivity index (χ4n) is 3.62. The van der Waals surface area contributed by atoms with Crippen molar-refractivity contribution in [2.75, 3.05) is 23.8 Å². The lowest BCUT2D eigenvalue weighted by Crippen LogP contribution is -2.25. The van der Waals surface area contributed by atoms with Gasteiger partial charge in [-0.1, -0.05) is 6.42 Å². The van der Waals surface area contributed by atoms with Gasteiger partial charge in [-0.15, -0.1) is 0 Å². The summed E-state index contributed by atoms with van der Waals surface area (Å²) in [7, 11) is 1.87. The lowest BCUT2D eigenvalue weighted by atomic mass is 9.80. The molecule has 7 nitrogen and oxygen atoms in total. The molecule has 4 rings (SSSR count). The molecule has 0 radical (unpaired) electrons. The predicted molar refractivity (Wildman–Crippen MR) is 96.5 cm³/mol. The second-order valence-electron chi connectivity index (χ2n) is 7.14. The van der Waals surface area contributed by atoms with E-state index in [2.05, 4.69) is 31.3 Å². The Hall–Kier alpha value is -2.15. The van der Waals surface area contributed by atoms with Crippen LogP contribution in [0.5, 0.6) is 0 Å². The fourth-order valence-corrected chi connectivity index (χ4v) is 3.62. The molecule has 0 spiro atoms. The van der Waals surface area contributed by atoms with Crippen molar-refractivity contribution in [1.29, 1.82) is 0 Å². The zero-order chi connectivity index (χ0) is 17.4. The van der Waals surface area contributed by atoms with E-state index in [1.54, 1.807) is 0 Å². The molecule has 1 saturated carbocycles. The molecule has 2 aromatic heterocycles. The van der Waals surface area contributed by atoms with Gasteiger partial charge in [0.2, 0.25) is 5.95 Å². The first-order valence-corrected chi connectivity index (χ1v) is 9.17. The van der Waals surface area contributed by atoms with E-state index in [9.17, 15) is 5.11 Å². The highest BCUT2D eigenvalue weighted by Crippen LogP contribution is 2.37. The SMILES string of the molecule is CNc1cc(C)nc(N2CCCn3nc([C@H](O)C4CCC4)cc3C2)n1. The molecule has 0 amide bonds. The van der Waals surface area contributed by atoms with Crippen LogP contribution in [0.1, 0.15) is 48.9 Å². The quantitative estimate of drug-likeness (QED) is 0.887. The molecule has 3 heterocycles. The summed E-state index contributed by atoms with van der Waals surface area (Å²) in [5, 5.41) is 18.3. The molecule has 0 bridgehead atoms. The molecular formula is C18H26N6O. The molecule has 1 atom stereocenters. The minimum Gasteiger partial charge on any atom is -0.386 e. The van der Waals surface area contributed by atoms with Gasteiger partial charge >= 0.3 is 0 Å². The Bertz CT molecular complexity index is 754. The molecular weight excluding hydrogens is 316 g/mol. The van der Waals surface area contributed by atoms with Crippen molar-refractivity contribution >= 4 is 11.8 Å². The number of hydrogen-bond acceptors (Lipinski definition) is 6. The van der Waals surface area contributed by atoms with Gasteiger partial charge in [-0.25, -0.2) is 4.98 Å². The standard InChI is InChI=1S/C18H26N6O/c1-12-9-16(19-2)21-18(20-12)23-7-4-8-24-14(11-23)10-15(22-24)17(25)13-5-3-6-13/h9-10,13,17,25H,3-8,11H2,1-2H3,(H,19,20,21)/t17-/m1/s1. The third-order valence-corrected chi connectivity index (χ3v) is 5.31. The van der Waals surface area contributed by atoms with Crippen molar-refractivity contribution < 1.29 is 5.11 Å². The van der Waals surface area contributed by atoms with E-state index < -0.39 is 6.10 Å². The Morgan fingerprint density at radius 1 is 1.20 bits per heavy atom. The van der Waals surface area contributed by atoms with Crippen LogP contribution >= 0.6 is 0 Å². The van der Waals surface area contributed by atoms with Crippen LogP contribution in [-0.4, -0.2) is 38.4 Å². The number of nitrogens with zero attached hydrogens (tertiary/aromatic N) is 5. The molecule has 1 fully saturated rings. The minimum absolute atomic E-state index is 0.383. The number of aromatic nitrogens is 4. The Kier molecular flexibility index (Phi) is 4.33. The topological polar surface area (TPSA) is 79.1 Å². The number of anilines is 2. The third kappa shape index (κ3) is 3.20. The zero-order valence-corrected chi connectivity index (χ0v) is 14.9. The Morgan fingerprint density at radius 2 is 2.04 bits per heavy atom. The van der Waals surface area contributed by atoms with Crippen LogP contribution in [0.4, 0.5) is 11.8 Å². The maximum absolute atomic E-state index is 10.5. The molecule has 2 aromatic rings. The molecule has 2 N–H and O–H groups in total. The molecule has 2 aliphatic rings. The summed E-state index contributed by atoms with van der Waals surface area (Å²) in [6, 6.07) is 4.01. The van der Waals surface area contributed by atoms with Crippen molar-refractivity contribution in [2.24, 2.45) is 5.92 Å². The van der Waals surface area contributed by atoms with Gasteiger partial charge in [0.1, 0.15) is 11.9 Å². The number of nitrogens with one attached hydrogen (secondary N) is 1. The van der Waals surface area contributed by atoms with Crippen LogP contribution in [0.25, 0.3) is 0 Å². The average molecular weight is 342 g/mol. The molecule has 134 valence electrons. The second-order valence-corrected chi connectivity index (χ2v) is 7.14. The summed E-state index contributed by atoms with van der Waals surface area (Å²) < 4.78 is 2.05. The molecule has 25 heavy (non-hydrogen) atoms. The highest BCUT2D eigenvalue weighted by atomic mass is 16.3. The number of hydrogen-bond donors (Lipinski definition) is 2. The Balaban J connectivity index is 1.58. The van der Waals surface area contributed by atoms with E-state index in [-0.39, 0.29) is 0 Å². The van der Waals surface area contributed by atoms with E-state index in [1.807, 2.05) is 24.7 Å². The Morgan fingerprint density at radius 3 is 2.76 bits per heavy atom. The first kappa shape index (κ1) is 16.3. The monoisotopic (exact) mass is 342 g/mol. The highest BCUT2D eigenvalue weighted by Gasteiger charge is 2.30. The maximum atomic E-state index is 10.5. The van der Waals surface area contributed by atoms with Crippen LogP contribution in [0.2, 0.25) is 0 Å². The van der Waals surface area contributed by atoms with Gasteiger partial charge in [0.15, 0.2) is 0 Å². The first-order chi connectivity index (χ1) is 12.1. The molecule has 0 unspecified atom stereocenters. The number of aryl methyl sites for hydroxylation is 2. The van der Waals surface area contributed by atoms with E-state index in [4.69, 9.17) is 0 Å². The van der Waals surface area contributed by atoms with Crippen LogP contribution in [0.3, 0.4) is 0 Å². The molecule has 1 aliphatic heterocycles. The normalized spacial score (nSPS) is 19.1. The summed E-state index contributed by atoms with van der Waals surface area (Å²) in [6.45, 7) is 4.47. The van der Waals surface area contributed by atoms with Crippen molar-refractivity contribution in [3.05, 3.63) is 29.2 Å². The molecule has 0 saturated heterocycles. The summed E-state index contributed by atoms with van der Waals surface area (Å²) in [6.07, 6.45) is 4.01. The van der Waals surface area contributed by atoms with E-state index in [0.717, 1.165) is 67.7 Å². The summed E-state index contributed by atoms with van der Waals surface area (Å²) >= 11 is 0. The molecule has 1 aliphatic carbocycles. The lowest BCUT2D eigenvalue weighted by Gasteiger charge is -2.29. The van der Waals surface area contributed by atoms with Gasteiger partial charge in [0.05, 0.1) is 17.9 Å². The van der Waals surface area contributed by atoms with E-state index in [0.29, 0.717) is 5.92 Å². The van der Waals surface area contributed by atoms with Gasteiger partial charge in [0.25, 0.3) is 0 Å². The number of aliphatic hydroxyl groups is 1. The smallest absolute Gasteiger partial charge is 0.227 e. The van der Waals surface area contributed by atoms with Crippen molar-refractivity contribution in [2.45, 2.75) is 51.8 Å². The minimum atomic E-state index is -0.423. The van der Waals surface area contributed by atoms with Crippen molar-refractivity contribution in [1.82, 2.24) is 19.7 Å². The van der Waals surface area contributed by atoms with Crippen LogP contribution in [0, 0.1) is 12.8 Å². The number of rotatable bonds is 4. The lowest BCUT2D eigenvalue weighted by molar-refractivity contribution is 0.0581. The first-order valence-electron chi connectivity index (χ1n) is 9.17. The van der Waals surface area contributed by atoms with Crippen LogP contribution in [-0.2, 0) is 13.1 Å². The predicted octanol–water partition coefficient (Wildman–Crippen LogP) is 2.27. The van der Waals surface area contributed by atoms with Gasteiger partial charge in [0, 0.05) is 31.9 Å². The summed E-state index contributed by atoms with van der Waals surface area (Å²) in [5.41, 5.74) is 2.90. The van der Waals surface area contributed by atoms with Crippen molar-refractivity contribution in [3.8, 4) is 0 Å².